The minimum atomic E-state index is -0.585. The zero-order valence-corrected chi connectivity index (χ0v) is 4.91. The normalized spacial score (nSPS) is 9.67. The van der Waals surface area contributed by atoms with Crippen LogP contribution in [0.25, 0.3) is 0 Å². The fourth-order valence-electron chi connectivity index (χ4n) is 0.517. The first kappa shape index (κ1) is 6.20. The summed E-state index contributed by atoms with van der Waals surface area (Å²) in [4.78, 5) is 0. The standard InChI is InChI=1S/C7H5F2/c1-5-2-3-6(8)4-7(5)9/h3-4H,1H3. The van der Waals surface area contributed by atoms with E-state index in [0.717, 1.165) is 12.1 Å². The van der Waals surface area contributed by atoms with Gasteiger partial charge in [-0.25, -0.2) is 8.78 Å². The molecule has 1 rings (SSSR count). The fourth-order valence-corrected chi connectivity index (χ4v) is 0.517. The van der Waals surface area contributed by atoms with E-state index < -0.39 is 11.6 Å². The van der Waals surface area contributed by atoms with Crippen LogP contribution >= 0.6 is 0 Å². The molecule has 0 nitrogen and oxygen atoms in total. The van der Waals surface area contributed by atoms with Gasteiger partial charge in [-0.05, 0) is 24.6 Å². The van der Waals surface area contributed by atoms with E-state index in [4.69, 9.17) is 0 Å². The van der Waals surface area contributed by atoms with Crippen LogP contribution in [0.15, 0.2) is 12.1 Å². The lowest BCUT2D eigenvalue weighted by molar-refractivity contribution is 0.577. The van der Waals surface area contributed by atoms with E-state index in [1.807, 2.05) is 0 Å². The van der Waals surface area contributed by atoms with Crippen LogP contribution in [0, 0.1) is 24.6 Å². The molecule has 1 aromatic rings. The number of aryl methyl sites for hydroxylation is 1. The van der Waals surface area contributed by atoms with Crippen molar-refractivity contribution < 1.29 is 8.78 Å². The van der Waals surface area contributed by atoms with Crippen LogP contribution in [0.2, 0.25) is 0 Å². The Bertz CT molecular complexity index is 218. The van der Waals surface area contributed by atoms with E-state index in [1.165, 1.54) is 6.92 Å². The van der Waals surface area contributed by atoms with E-state index in [2.05, 4.69) is 6.07 Å². The zero-order chi connectivity index (χ0) is 6.85. The number of benzene rings is 1. The second kappa shape index (κ2) is 2.13. The molecule has 0 atom stereocenters. The van der Waals surface area contributed by atoms with Crippen LogP contribution in [-0.2, 0) is 0 Å². The summed E-state index contributed by atoms with van der Waals surface area (Å²) in [6.45, 7) is 1.54. The summed E-state index contributed by atoms with van der Waals surface area (Å²) >= 11 is 0. The van der Waals surface area contributed by atoms with Gasteiger partial charge in [0.15, 0.2) is 0 Å². The summed E-state index contributed by atoms with van der Waals surface area (Å²) in [6.07, 6.45) is 0. The summed E-state index contributed by atoms with van der Waals surface area (Å²) in [6, 6.07) is 4.37. The third-order valence-electron chi connectivity index (χ3n) is 1.05. The Kier molecular flexibility index (Phi) is 1.47. The van der Waals surface area contributed by atoms with Crippen molar-refractivity contribution in [1.82, 2.24) is 0 Å². The van der Waals surface area contributed by atoms with Crippen molar-refractivity contribution in [2.45, 2.75) is 6.92 Å². The lowest BCUT2D eigenvalue weighted by Gasteiger charge is -1.91. The average Bonchev–Trinajstić information content (AvgIpc) is 1.80. The topological polar surface area (TPSA) is 0 Å². The highest BCUT2D eigenvalue weighted by Gasteiger charge is 1.96. The molecule has 0 aliphatic rings. The maximum Gasteiger partial charge on any atom is 0.129 e. The van der Waals surface area contributed by atoms with Gasteiger partial charge in [0.05, 0.1) is 0 Å². The van der Waals surface area contributed by atoms with Crippen LogP contribution in [0.5, 0.6) is 0 Å². The molecule has 1 aromatic carbocycles. The molecule has 9 heavy (non-hydrogen) atoms. The third-order valence-corrected chi connectivity index (χ3v) is 1.05. The van der Waals surface area contributed by atoms with Gasteiger partial charge in [0.2, 0.25) is 0 Å². The molecule has 0 bridgehead atoms. The van der Waals surface area contributed by atoms with E-state index in [1.54, 1.807) is 0 Å². The highest BCUT2D eigenvalue weighted by Crippen LogP contribution is 2.05. The van der Waals surface area contributed by atoms with Crippen LogP contribution < -0.4 is 0 Å². The van der Waals surface area contributed by atoms with E-state index in [-0.39, 0.29) is 0 Å². The van der Waals surface area contributed by atoms with Crippen molar-refractivity contribution >= 4 is 0 Å². The van der Waals surface area contributed by atoms with E-state index in [9.17, 15) is 8.78 Å². The summed E-state index contributed by atoms with van der Waals surface area (Å²) in [7, 11) is 0. The molecule has 47 valence electrons. The Morgan fingerprint density at radius 3 is 2.56 bits per heavy atom. The van der Waals surface area contributed by atoms with Crippen LogP contribution in [-0.4, -0.2) is 0 Å². The molecule has 0 spiro atoms. The second-order valence-corrected chi connectivity index (χ2v) is 1.79. The first-order valence-corrected chi connectivity index (χ1v) is 2.53. The van der Waals surface area contributed by atoms with Gasteiger partial charge in [0.25, 0.3) is 0 Å². The van der Waals surface area contributed by atoms with Gasteiger partial charge < -0.3 is 0 Å². The zero-order valence-electron chi connectivity index (χ0n) is 4.91. The highest BCUT2D eigenvalue weighted by molar-refractivity contribution is 5.14. The first-order valence-electron chi connectivity index (χ1n) is 2.53. The maximum absolute atomic E-state index is 12.3. The number of hydrogen-bond acceptors (Lipinski definition) is 0. The van der Waals surface area contributed by atoms with Crippen molar-refractivity contribution in [1.29, 1.82) is 0 Å². The molecular formula is C7H5F2. The SMILES string of the molecule is Cc1[c]cc(F)cc1F. The third kappa shape index (κ3) is 1.25. The van der Waals surface area contributed by atoms with Gasteiger partial charge in [-0.3, -0.25) is 0 Å². The Labute approximate surface area is 52.1 Å². The van der Waals surface area contributed by atoms with Gasteiger partial charge in [-0.1, -0.05) is 0 Å². The first-order chi connectivity index (χ1) is 4.20. The Balaban J connectivity index is 3.17. The number of rotatable bonds is 0. The molecule has 1 radical (unpaired) electrons. The monoisotopic (exact) mass is 127 g/mol. The molecular weight excluding hydrogens is 122 g/mol. The molecule has 0 fully saturated rings. The van der Waals surface area contributed by atoms with Crippen molar-refractivity contribution in [3.8, 4) is 0 Å². The van der Waals surface area contributed by atoms with Gasteiger partial charge in [-0.15, -0.1) is 0 Å². The van der Waals surface area contributed by atoms with Crippen LogP contribution in [0.3, 0.4) is 0 Å². The Hall–Kier alpha value is -0.920. The van der Waals surface area contributed by atoms with Crippen LogP contribution in [0.1, 0.15) is 5.56 Å². The predicted octanol–water partition coefficient (Wildman–Crippen LogP) is 2.07. The number of halogens is 2. The molecule has 2 heteroatoms. The lowest BCUT2D eigenvalue weighted by Crippen LogP contribution is -1.82. The Morgan fingerprint density at radius 1 is 1.44 bits per heavy atom. The van der Waals surface area contributed by atoms with Crippen molar-refractivity contribution in [3.05, 3.63) is 35.4 Å². The quantitative estimate of drug-likeness (QED) is 0.500. The average molecular weight is 127 g/mol. The van der Waals surface area contributed by atoms with Gasteiger partial charge in [0, 0.05) is 6.07 Å². The fraction of sp³-hybridized carbons (Fsp3) is 0.143. The minimum absolute atomic E-state index is 0.344. The predicted molar refractivity (Wildman–Crippen MR) is 29.9 cm³/mol. The lowest BCUT2D eigenvalue weighted by atomic mass is 10.2. The van der Waals surface area contributed by atoms with E-state index >= 15 is 0 Å². The van der Waals surface area contributed by atoms with Gasteiger partial charge in [0.1, 0.15) is 11.6 Å². The van der Waals surface area contributed by atoms with Gasteiger partial charge in [-0.2, -0.15) is 0 Å². The van der Waals surface area contributed by atoms with Crippen molar-refractivity contribution in [2.24, 2.45) is 0 Å². The highest BCUT2D eigenvalue weighted by atomic mass is 19.1. The van der Waals surface area contributed by atoms with Crippen molar-refractivity contribution in [2.75, 3.05) is 0 Å². The summed E-state index contributed by atoms with van der Waals surface area (Å²) in [5.41, 5.74) is 0.344. The maximum atomic E-state index is 12.3. The smallest absolute Gasteiger partial charge is 0.129 e. The Morgan fingerprint density at radius 2 is 2.11 bits per heavy atom. The second-order valence-electron chi connectivity index (χ2n) is 1.79. The molecule has 0 heterocycles. The molecule has 0 aliphatic heterocycles. The summed E-state index contributed by atoms with van der Waals surface area (Å²) < 4.78 is 24.4. The van der Waals surface area contributed by atoms with Gasteiger partial charge >= 0.3 is 0 Å². The molecule has 0 N–H and O–H groups in total. The summed E-state index contributed by atoms with van der Waals surface area (Å²) in [5, 5.41) is 0. The molecule has 0 aromatic heterocycles. The van der Waals surface area contributed by atoms with Crippen molar-refractivity contribution in [3.63, 3.8) is 0 Å². The minimum Gasteiger partial charge on any atom is -0.207 e. The number of hydrogen-bond donors (Lipinski definition) is 0. The molecule has 0 unspecified atom stereocenters. The molecule has 0 saturated heterocycles. The van der Waals surface area contributed by atoms with E-state index in [0.29, 0.717) is 5.56 Å². The molecule has 0 amide bonds. The largest absolute Gasteiger partial charge is 0.207 e. The summed E-state index contributed by atoms with van der Waals surface area (Å²) in [5.74, 6) is -1.13. The van der Waals surface area contributed by atoms with Crippen LogP contribution in [0.4, 0.5) is 8.78 Å². The molecule has 0 saturated carbocycles. The molecule has 0 aliphatic carbocycles.